The highest BCUT2D eigenvalue weighted by atomic mass is 16.1. The third kappa shape index (κ3) is 3.86. The van der Waals surface area contributed by atoms with E-state index in [1.165, 1.54) is 0 Å². The molecule has 1 saturated carbocycles. The first-order chi connectivity index (χ1) is 15.2. The molecule has 7 heteroatoms. The zero-order valence-electron chi connectivity index (χ0n) is 17.0. The number of benzene rings is 1. The number of aromatic amines is 1. The van der Waals surface area contributed by atoms with Crippen LogP contribution < -0.4 is 10.9 Å². The molecule has 1 aromatic carbocycles. The summed E-state index contributed by atoms with van der Waals surface area (Å²) in [6, 6.07) is 14.9. The largest absolute Gasteiger partial charge is 0.361 e. The molecule has 0 spiro atoms. The van der Waals surface area contributed by atoms with E-state index in [-0.39, 0.29) is 23.6 Å². The van der Waals surface area contributed by atoms with Gasteiger partial charge in [-0.3, -0.25) is 14.6 Å². The van der Waals surface area contributed by atoms with Crippen LogP contribution in [0.3, 0.4) is 0 Å². The molecule has 3 aromatic heterocycles. The van der Waals surface area contributed by atoms with Crippen molar-refractivity contribution in [2.75, 3.05) is 0 Å². The predicted molar refractivity (Wildman–Crippen MR) is 119 cm³/mol. The van der Waals surface area contributed by atoms with Crippen molar-refractivity contribution in [2.24, 2.45) is 0 Å². The summed E-state index contributed by atoms with van der Waals surface area (Å²) < 4.78 is 1.61. The maximum Gasteiger partial charge on any atom is 0.267 e. The van der Waals surface area contributed by atoms with E-state index in [9.17, 15) is 9.59 Å². The first kappa shape index (κ1) is 19.2. The normalized spacial score (nSPS) is 18.7. The number of hydrogen-bond donors (Lipinski definition) is 2. The monoisotopic (exact) mass is 413 g/mol. The van der Waals surface area contributed by atoms with Gasteiger partial charge in [0.1, 0.15) is 0 Å². The Morgan fingerprint density at radius 2 is 1.81 bits per heavy atom. The molecule has 3 heterocycles. The van der Waals surface area contributed by atoms with Gasteiger partial charge in [0.15, 0.2) is 0 Å². The van der Waals surface area contributed by atoms with Crippen LogP contribution in [0.2, 0.25) is 0 Å². The summed E-state index contributed by atoms with van der Waals surface area (Å²) in [6.45, 7) is 0. The van der Waals surface area contributed by atoms with E-state index < -0.39 is 0 Å². The Morgan fingerprint density at radius 1 is 1.00 bits per heavy atom. The quantitative estimate of drug-likeness (QED) is 0.534. The van der Waals surface area contributed by atoms with Gasteiger partial charge in [-0.2, -0.15) is 5.10 Å². The van der Waals surface area contributed by atoms with E-state index in [0.29, 0.717) is 5.56 Å². The molecule has 0 aliphatic heterocycles. The summed E-state index contributed by atoms with van der Waals surface area (Å²) in [5, 5.41) is 8.72. The van der Waals surface area contributed by atoms with Crippen LogP contribution in [0, 0.1) is 0 Å². The van der Waals surface area contributed by atoms with Crippen LogP contribution in [0.15, 0.2) is 71.9 Å². The molecule has 2 N–H and O–H groups in total. The Balaban J connectivity index is 1.27. The van der Waals surface area contributed by atoms with Gasteiger partial charge in [-0.1, -0.05) is 6.07 Å². The van der Waals surface area contributed by atoms with Gasteiger partial charge in [-0.05, 0) is 62.1 Å². The number of pyridine rings is 1. The van der Waals surface area contributed by atoms with Crippen LogP contribution in [0.5, 0.6) is 0 Å². The van der Waals surface area contributed by atoms with Crippen molar-refractivity contribution in [3.8, 4) is 11.3 Å². The summed E-state index contributed by atoms with van der Waals surface area (Å²) in [5.41, 5.74) is 3.24. The molecule has 4 aromatic rings. The lowest BCUT2D eigenvalue weighted by atomic mass is 9.91. The number of rotatable bonds is 4. The molecule has 0 bridgehead atoms. The first-order valence-corrected chi connectivity index (χ1v) is 10.6. The Labute approximate surface area is 179 Å². The van der Waals surface area contributed by atoms with Crippen molar-refractivity contribution < 1.29 is 4.79 Å². The number of carbonyl (C=O) groups is 1. The number of nitrogens with zero attached hydrogens (tertiary/aromatic N) is 3. The van der Waals surface area contributed by atoms with E-state index in [4.69, 9.17) is 0 Å². The van der Waals surface area contributed by atoms with Gasteiger partial charge in [-0.25, -0.2) is 4.68 Å². The van der Waals surface area contributed by atoms with E-state index in [2.05, 4.69) is 20.4 Å². The highest BCUT2D eigenvalue weighted by molar-refractivity contribution is 6.06. The van der Waals surface area contributed by atoms with Crippen LogP contribution in [0.1, 0.15) is 42.1 Å². The smallest absolute Gasteiger partial charge is 0.267 e. The molecule has 156 valence electrons. The highest BCUT2D eigenvalue weighted by Crippen LogP contribution is 2.28. The van der Waals surface area contributed by atoms with E-state index >= 15 is 0 Å². The molecule has 0 atom stereocenters. The van der Waals surface area contributed by atoms with Gasteiger partial charge >= 0.3 is 0 Å². The minimum atomic E-state index is -0.0931. The van der Waals surface area contributed by atoms with Crippen LogP contribution in [0.25, 0.3) is 22.2 Å². The second kappa shape index (κ2) is 8.18. The number of fused-ring (bicyclic) bond motifs is 1. The molecular formula is C24H23N5O2. The van der Waals surface area contributed by atoms with Crippen molar-refractivity contribution in [1.82, 2.24) is 25.1 Å². The molecule has 1 fully saturated rings. The molecule has 0 radical (unpaired) electrons. The SMILES string of the molecule is O=C(NC1CCC(n2nc(-c3ccncc3)ccc2=O)CC1)c1cccc2[nH]ccc12. The Morgan fingerprint density at radius 3 is 2.61 bits per heavy atom. The van der Waals surface area contributed by atoms with Gasteiger partial charge in [0.25, 0.3) is 11.5 Å². The van der Waals surface area contributed by atoms with Crippen molar-refractivity contribution in [2.45, 2.75) is 37.8 Å². The summed E-state index contributed by atoms with van der Waals surface area (Å²) in [6.07, 6.45) is 8.50. The fraction of sp³-hybridized carbons (Fsp3) is 0.250. The summed E-state index contributed by atoms with van der Waals surface area (Å²) in [5.74, 6) is -0.0522. The van der Waals surface area contributed by atoms with Crippen LogP contribution >= 0.6 is 0 Å². The standard InChI is InChI=1S/C24H23N5O2/c30-23-9-8-21(16-10-13-25-14-11-16)28-29(23)18-6-4-17(5-7-18)27-24(31)20-2-1-3-22-19(20)12-15-26-22/h1-3,8-15,17-18,26H,4-7H2,(H,27,31). The topological polar surface area (TPSA) is 92.7 Å². The van der Waals surface area contributed by atoms with Crippen LogP contribution in [0.4, 0.5) is 0 Å². The third-order valence-corrected chi connectivity index (χ3v) is 6.02. The first-order valence-electron chi connectivity index (χ1n) is 10.6. The van der Waals surface area contributed by atoms with E-state index in [0.717, 1.165) is 47.8 Å². The lowest BCUT2D eigenvalue weighted by Gasteiger charge is -2.29. The summed E-state index contributed by atoms with van der Waals surface area (Å²) in [4.78, 5) is 32.5. The molecule has 0 saturated heterocycles. The Hall–Kier alpha value is -3.74. The van der Waals surface area contributed by atoms with Crippen molar-refractivity contribution in [3.63, 3.8) is 0 Å². The fourth-order valence-electron chi connectivity index (χ4n) is 4.37. The number of hydrogen-bond acceptors (Lipinski definition) is 4. The Kier molecular flexibility index (Phi) is 5.08. The molecule has 1 aliphatic carbocycles. The zero-order chi connectivity index (χ0) is 21.2. The van der Waals surface area contributed by atoms with Gasteiger partial charge in [-0.15, -0.1) is 0 Å². The van der Waals surface area contributed by atoms with E-state index in [1.54, 1.807) is 29.2 Å². The van der Waals surface area contributed by atoms with Gasteiger partial charge in [0.2, 0.25) is 0 Å². The number of aromatic nitrogens is 4. The maximum atomic E-state index is 12.8. The van der Waals surface area contributed by atoms with Gasteiger partial charge < -0.3 is 10.3 Å². The average molecular weight is 413 g/mol. The fourth-order valence-corrected chi connectivity index (χ4v) is 4.37. The number of nitrogens with one attached hydrogen (secondary N) is 2. The predicted octanol–water partition coefficient (Wildman–Crippen LogP) is 3.70. The third-order valence-electron chi connectivity index (χ3n) is 6.02. The van der Waals surface area contributed by atoms with E-state index in [1.807, 2.05) is 42.6 Å². The second-order valence-electron chi connectivity index (χ2n) is 7.96. The van der Waals surface area contributed by atoms with Gasteiger partial charge in [0, 0.05) is 52.7 Å². The lowest BCUT2D eigenvalue weighted by Crippen LogP contribution is -2.39. The van der Waals surface area contributed by atoms with Crippen molar-refractivity contribution in [1.29, 1.82) is 0 Å². The Bertz CT molecular complexity index is 1270. The summed E-state index contributed by atoms with van der Waals surface area (Å²) in [7, 11) is 0. The average Bonchev–Trinajstić information content (AvgIpc) is 3.30. The van der Waals surface area contributed by atoms with Crippen molar-refractivity contribution in [3.05, 3.63) is 83.0 Å². The lowest BCUT2D eigenvalue weighted by molar-refractivity contribution is 0.0923. The number of carbonyl (C=O) groups excluding carboxylic acids is 1. The van der Waals surface area contributed by atoms with Crippen LogP contribution in [-0.4, -0.2) is 31.7 Å². The van der Waals surface area contributed by atoms with Crippen molar-refractivity contribution >= 4 is 16.8 Å². The minimum Gasteiger partial charge on any atom is -0.361 e. The maximum absolute atomic E-state index is 12.8. The zero-order valence-corrected chi connectivity index (χ0v) is 17.0. The number of H-pyrrole nitrogens is 1. The van der Waals surface area contributed by atoms with Gasteiger partial charge in [0.05, 0.1) is 11.7 Å². The highest BCUT2D eigenvalue weighted by Gasteiger charge is 2.25. The number of amides is 1. The molecule has 7 nitrogen and oxygen atoms in total. The molecule has 0 unspecified atom stereocenters. The second-order valence-corrected chi connectivity index (χ2v) is 7.96. The molecule has 1 amide bonds. The minimum absolute atomic E-state index is 0.0375. The molecular weight excluding hydrogens is 390 g/mol. The summed E-state index contributed by atoms with van der Waals surface area (Å²) >= 11 is 0. The molecule has 5 rings (SSSR count). The molecule has 1 aliphatic rings. The van der Waals surface area contributed by atoms with Crippen LogP contribution in [-0.2, 0) is 0 Å². The molecule has 31 heavy (non-hydrogen) atoms.